The van der Waals surface area contributed by atoms with E-state index in [1.54, 1.807) is 48.7 Å². The third kappa shape index (κ3) is 3.85. The standard InChI is InChI=1S/C21H13Cl2FN4O/c22-16-3-1-2-14(19(16)23)20(29)27-13-5-6-17(24)15(9-13)11-4-7-18-12(8-11)10-26-21(25)28-18/h1-10H,(H,27,29)(H2,25,26,28). The van der Waals surface area contributed by atoms with Gasteiger partial charge in [-0.2, -0.15) is 0 Å². The number of hydrogen-bond acceptors (Lipinski definition) is 4. The highest BCUT2D eigenvalue weighted by Gasteiger charge is 2.14. The molecule has 0 aliphatic carbocycles. The first-order valence-electron chi connectivity index (χ1n) is 8.50. The number of anilines is 2. The van der Waals surface area contributed by atoms with E-state index >= 15 is 0 Å². The van der Waals surface area contributed by atoms with Crippen molar-refractivity contribution >= 4 is 51.6 Å². The van der Waals surface area contributed by atoms with Crippen LogP contribution in [0.4, 0.5) is 16.0 Å². The van der Waals surface area contributed by atoms with Crippen LogP contribution in [0.15, 0.2) is 60.8 Å². The number of benzene rings is 3. The van der Waals surface area contributed by atoms with Crippen LogP contribution < -0.4 is 11.1 Å². The average Bonchev–Trinajstić information content (AvgIpc) is 2.71. The molecule has 0 fully saturated rings. The average molecular weight is 427 g/mol. The van der Waals surface area contributed by atoms with Gasteiger partial charge in [0.05, 0.1) is 21.1 Å². The van der Waals surface area contributed by atoms with Gasteiger partial charge < -0.3 is 11.1 Å². The molecule has 1 heterocycles. The van der Waals surface area contributed by atoms with E-state index in [0.717, 1.165) is 5.39 Å². The summed E-state index contributed by atoms with van der Waals surface area (Å²) in [5, 5.41) is 3.87. The van der Waals surface area contributed by atoms with Gasteiger partial charge in [-0.1, -0.05) is 35.3 Å². The molecule has 144 valence electrons. The fraction of sp³-hybridized carbons (Fsp3) is 0. The molecule has 8 heteroatoms. The maximum absolute atomic E-state index is 14.5. The summed E-state index contributed by atoms with van der Waals surface area (Å²) in [5.74, 6) is -0.710. The first-order valence-corrected chi connectivity index (χ1v) is 9.25. The van der Waals surface area contributed by atoms with Crippen molar-refractivity contribution in [2.75, 3.05) is 11.1 Å². The zero-order valence-corrected chi connectivity index (χ0v) is 16.3. The van der Waals surface area contributed by atoms with Gasteiger partial charge in [0.2, 0.25) is 5.95 Å². The van der Waals surface area contributed by atoms with Crippen LogP contribution >= 0.6 is 23.2 Å². The lowest BCUT2D eigenvalue weighted by molar-refractivity contribution is 0.102. The lowest BCUT2D eigenvalue weighted by atomic mass is 10.0. The van der Waals surface area contributed by atoms with E-state index < -0.39 is 11.7 Å². The van der Waals surface area contributed by atoms with Gasteiger partial charge in [-0.3, -0.25) is 4.79 Å². The van der Waals surface area contributed by atoms with Crippen LogP contribution in [-0.4, -0.2) is 15.9 Å². The topological polar surface area (TPSA) is 80.9 Å². The quantitative estimate of drug-likeness (QED) is 0.448. The number of nitrogens with one attached hydrogen (secondary N) is 1. The molecule has 1 aromatic heterocycles. The molecule has 1 amide bonds. The van der Waals surface area contributed by atoms with Crippen molar-refractivity contribution in [3.63, 3.8) is 0 Å². The van der Waals surface area contributed by atoms with Gasteiger partial charge in [-0.15, -0.1) is 0 Å². The predicted octanol–water partition coefficient (Wildman–Crippen LogP) is 5.58. The van der Waals surface area contributed by atoms with Gasteiger partial charge in [-0.25, -0.2) is 14.4 Å². The lowest BCUT2D eigenvalue weighted by Gasteiger charge is -2.11. The maximum atomic E-state index is 14.5. The van der Waals surface area contributed by atoms with Crippen molar-refractivity contribution in [3.8, 4) is 11.1 Å². The molecule has 4 aromatic rings. The second kappa shape index (κ2) is 7.66. The number of halogens is 3. The van der Waals surface area contributed by atoms with Crippen LogP contribution in [0.25, 0.3) is 22.0 Å². The number of nitrogen functional groups attached to an aromatic ring is 1. The zero-order valence-electron chi connectivity index (χ0n) is 14.8. The molecule has 3 N–H and O–H groups in total. The maximum Gasteiger partial charge on any atom is 0.257 e. The third-order valence-corrected chi connectivity index (χ3v) is 5.15. The molecule has 0 saturated heterocycles. The summed E-state index contributed by atoms with van der Waals surface area (Å²) < 4.78 is 14.5. The Balaban J connectivity index is 1.68. The minimum Gasteiger partial charge on any atom is -0.368 e. The van der Waals surface area contributed by atoms with Crippen molar-refractivity contribution in [3.05, 3.63) is 82.2 Å². The number of fused-ring (bicyclic) bond motifs is 1. The van der Waals surface area contributed by atoms with E-state index in [-0.39, 0.29) is 21.6 Å². The highest BCUT2D eigenvalue weighted by atomic mass is 35.5. The number of nitrogens with zero attached hydrogens (tertiary/aromatic N) is 2. The van der Waals surface area contributed by atoms with Gasteiger partial charge >= 0.3 is 0 Å². The third-order valence-electron chi connectivity index (χ3n) is 4.33. The van der Waals surface area contributed by atoms with Crippen molar-refractivity contribution in [1.82, 2.24) is 9.97 Å². The van der Waals surface area contributed by atoms with Crippen LogP contribution in [0.3, 0.4) is 0 Å². The molecule has 0 radical (unpaired) electrons. The van der Waals surface area contributed by atoms with Crippen molar-refractivity contribution < 1.29 is 9.18 Å². The number of carbonyl (C=O) groups excluding carboxylic acids is 1. The molecular weight excluding hydrogens is 414 g/mol. The van der Waals surface area contributed by atoms with Gasteiger partial charge in [0.15, 0.2) is 0 Å². The fourth-order valence-corrected chi connectivity index (χ4v) is 3.30. The molecule has 0 aliphatic rings. The van der Waals surface area contributed by atoms with E-state index in [9.17, 15) is 9.18 Å². The molecule has 5 nitrogen and oxygen atoms in total. The number of carbonyl (C=O) groups is 1. The van der Waals surface area contributed by atoms with Crippen molar-refractivity contribution in [1.29, 1.82) is 0 Å². The van der Waals surface area contributed by atoms with Crippen LogP contribution in [0.5, 0.6) is 0 Å². The van der Waals surface area contributed by atoms with Crippen LogP contribution in [-0.2, 0) is 0 Å². The molecule has 3 aromatic carbocycles. The first kappa shape index (κ1) is 19.1. The number of amides is 1. The van der Waals surface area contributed by atoms with Gasteiger partial charge in [-0.05, 0) is 48.0 Å². The van der Waals surface area contributed by atoms with Crippen molar-refractivity contribution in [2.24, 2.45) is 0 Å². The number of aromatic nitrogens is 2. The summed E-state index contributed by atoms with van der Waals surface area (Å²) in [6.45, 7) is 0. The Morgan fingerprint density at radius 2 is 1.90 bits per heavy atom. The molecule has 0 aliphatic heterocycles. The summed E-state index contributed by atoms with van der Waals surface area (Å²) in [6.07, 6.45) is 1.58. The Labute approximate surface area is 175 Å². The fourth-order valence-electron chi connectivity index (χ4n) is 2.92. The highest BCUT2D eigenvalue weighted by Crippen LogP contribution is 2.30. The molecule has 29 heavy (non-hydrogen) atoms. The molecule has 0 bridgehead atoms. The Hall–Kier alpha value is -3.22. The molecule has 4 rings (SSSR count). The molecular formula is C21H13Cl2FN4O. The lowest BCUT2D eigenvalue weighted by Crippen LogP contribution is -2.12. The summed E-state index contributed by atoms with van der Waals surface area (Å²) in [6, 6.07) is 14.3. The monoisotopic (exact) mass is 426 g/mol. The molecule has 0 saturated carbocycles. The van der Waals surface area contributed by atoms with Crippen LogP contribution in [0, 0.1) is 5.82 Å². The van der Waals surface area contributed by atoms with E-state index in [0.29, 0.717) is 22.3 Å². The molecule has 0 spiro atoms. The van der Waals surface area contributed by atoms with Gasteiger partial charge in [0.1, 0.15) is 5.82 Å². The van der Waals surface area contributed by atoms with Crippen molar-refractivity contribution in [2.45, 2.75) is 0 Å². The Morgan fingerprint density at radius 1 is 1.07 bits per heavy atom. The summed E-state index contributed by atoms with van der Waals surface area (Å²) in [7, 11) is 0. The van der Waals surface area contributed by atoms with E-state index in [1.807, 2.05) is 0 Å². The summed E-state index contributed by atoms with van der Waals surface area (Å²) in [5.41, 5.74) is 7.82. The second-order valence-corrected chi connectivity index (χ2v) is 7.04. The number of hydrogen-bond donors (Lipinski definition) is 2. The number of rotatable bonds is 3. The largest absolute Gasteiger partial charge is 0.368 e. The Bertz CT molecular complexity index is 1260. The number of nitrogens with two attached hydrogens (primary N) is 1. The smallest absolute Gasteiger partial charge is 0.257 e. The van der Waals surface area contributed by atoms with Crippen LogP contribution in [0.2, 0.25) is 10.0 Å². The molecule has 0 unspecified atom stereocenters. The van der Waals surface area contributed by atoms with Gasteiger partial charge in [0, 0.05) is 22.8 Å². The summed E-state index contributed by atoms with van der Waals surface area (Å²) >= 11 is 12.1. The Kier molecular flexibility index (Phi) is 5.05. The minimum atomic E-state index is -0.447. The second-order valence-electron chi connectivity index (χ2n) is 6.25. The minimum absolute atomic E-state index is 0.155. The van der Waals surface area contributed by atoms with E-state index in [2.05, 4.69) is 15.3 Å². The predicted molar refractivity (Wildman–Crippen MR) is 114 cm³/mol. The van der Waals surface area contributed by atoms with E-state index in [4.69, 9.17) is 28.9 Å². The highest BCUT2D eigenvalue weighted by molar-refractivity contribution is 6.44. The van der Waals surface area contributed by atoms with E-state index in [1.165, 1.54) is 12.1 Å². The SMILES string of the molecule is Nc1ncc2cc(-c3cc(NC(=O)c4cccc(Cl)c4Cl)ccc3F)ccc2n1. The molecule has 0 atom stereocenters. The first-order chi connectivity index (χ1) is 13.9. The van der Waals surface area contributed by atoms with Gasteiger partial charge in [0.25, 0.3) is 5.91 Å². The normalized spacial score (nSPS) is 10.9. The van der Waals surface area contributed by atoms with Crippen LogP contribution in [0.1, 0.15) is 10.4 Å². The Morgan fingerprint density at radius 3 is 2.72 bits per heavy atom. The summed E-state index contributed by atoms with van der Waals surface area (Å²) in [4.78, 5) is 20.6. The zero-order chi connectivity index (χ0) is 20.5.